The van der Waals surface area contributed by atoms with Crippen molar-refractivity contribution in [2.45, 2.75) is 77.0 Å². The fourth-order valence-electron chi connectivity index (χ4n) is 3.72. The lowest BCUT2D eigenvalue weighted by Crippen LogP contribution is -2.13. The van der Waals surface area contributed by atoms with Crippen molar-refractivity contribution < 1.29 is 9.53 Å². The van der Waals surface area contributed by atoms with Crippen LogP contribution >= 0.6 is 15.9 Å². The largest absolute Gasteiger partial charge is 0.427 e. The number of benzene rings is 1. The van der Waals surface area contributed by atoms with E-state index in [1.807, 2.05) is 12.1 Å². The van der Waals surface area contributed by atoms with Crippen LogP contribution in [0, 0.1) is 5.92 Å². The number of alkyl halides is 1. The number of rotatable bonds is 9. The van der Waals surface area contributed by atoms with Crippen LogP contribution in [-0.2, 0) is 4.79 Å². The van der Waals surface area contributed by atoms with Gasteiger partial charge in [0.15, 0.2) is 0 Å². The Labute approximate surface area is 155 Å². The molecule has 1 aliphatic rings. The molecule has 1 aromatic carbocycles. The number of carbonyl (C=O) groups excluding carboxylic acids is 1. The Balaban J connectivity index is 1.75. The molecule has 0 bridgehead atoms. The van der Waals surface area contributed by atoms with Crippen molar-refractivity contribution in [2.75, 3.05) is 5.33 Å². The zero-order chi connectivity index (χ0) is 17.2. The molecule has 0 N–H and O–H groups in total. The summed E-state index contributed by atoms with van der Waals surface area (Å²) in [5.41, 5.74) is 1.40. The lowest BCUT2D eigenvalue weighted by Gasteiger charge is -2.28. The second-order valence-corrected chi connectivity index (χ2v) is 7.84. The highest BCUT2D eigenvalue weighted by atomic mass is 79.9. The van der Waals surface area contributed by atoms with Crippen LogP contribution in [0.4, 0.5) is 0 Å². The molecule has 1 aliphatic carbocycles. The lowest BCUT2D eigenvalue weighted by molar-refractivity contribution is -0.134. The molecule has 0 heterocycles. The van der Waals surface area contributed by atoms with Crippen LogP contribution < -0.4 is 4.74 Å². The molecule has 0 aliphatic heterocycles. The first-order valence-electron chi connectivity index (χ1n) is 9.59. The Morgan fingerprint density at radius 2 is 1.79 bits per heavy atom. The third kappa shape index (κ3) is 6.58. The highest BCUT2D eigenvalue weighted by Gasteiger charge is 2.21. The molecule has 0 radical (unpaired) electrons. The Morgan fingerprint density at radius 3 is 2.42 bits per heavy atom. The van der Waals surface area contributed by atoms with E-state index in [0.29, 0.717) is 18.1 Å². The number of carbonyl (C=O) groups is 1. The topological polar surface area (TPSA) is 26.3 Å². The van der Waals surface area contributed by atoms with Gasteiger partial charge in [0.05, 0.1) is 0 Å². The summed E-state index contributed by atoms with van der Waals surface area (Å²) in [6, 6.07) is 8.23. The summed E-state index contributed by atoms with van der Waals surface area (Å²) in [7, 11) is 0. The second-order valence-electron chi connectivity index (χ2n) is 7.05. The molecule has 0 unspecified atom stereocenters. The fourth-order valence-corrected chi connectivity index (χ4v) is 4.12. The van der Waals surface area contributed by atoms with Gasteiger partial charge in [-0.3, -0.25) is 4.79 Å². The van der Waals surface area contributed by atoms with Crippen LogP contribution in [0.2, 0.25) is 0 Å². The smallest absolute Gasteiger partial charge is 0.311 e. The van der Waals surface area contributed by atoms with Crippen molar-refractivity contribution >= 4 is 21.9 Å². The fraction of sp³-hybridized carbons (Fsp3) is 0.667. The minimum absolute atomic E-state index is 0.114. The zero-order valence-corrected chi connectivity index (χ0v) is 16.5. The van der Waals surface area contributed by atoms with E-state index in [1.54, 1.807) is 0 Å². The van der Waals surface area contributed by atoms with E-state index in [9.17, 15) is 4.79 Å². The summed E-state index contributed by atoms with van der Waals surface area (Å²) >= 11 is 3.40. The van der Waals surface area contributed by atoms with Crippen molar-refractivity contribution in [2.24, 2.45) is 5.92 Å². The van der Waals surface area contributed by atoms with Crippen LogP contribution in [0.1, 0.15) is 82.6 Å². The van der Waals surface area contributed by atoms with Crippen LogP contribution in [0.3, 0.4) is 0 Å². The third-order valence-electron chi connectivity index (χ3n) is 5.14. The van der Waals surface area contributed by atoms with Gasteiger partial charge in [-0.05, 0) is 68.1 Å². The maximum absolute atomic E-state index is 11.8. The van der Waals surface area contributed by atoms with Crippen LogP contribution in [0.15, 0.2) is 24.3 Å². The summed E-state index contributed by atoms with van der Waals surface area (Å²) in [5.74, 6) is 2.20. The predicted octanol–water partition coefficient (Wildman–Crippen LogP) is 6.62. The molecule has 1 saturated carbocycles. The van der Waals surface area contributed by atoms with Crippen molar-refractivity contribution in [1.29, 1.82) is 0 Å². The number of hydrogen-bond acceptors (Lipinski definition) is 2. The van der Waals surface area contributed by atoms with E-state index >= 15 is 0 Å². The van der Waals surface area contributed by atoms with E-state index in [0.717, 1.165) is 30.5 Å². The molecule has 0 saturated heterocycles. The van der Waals surface area contributed by atoms with Crippen molar-refractivity contribution in [3.63, 3.8) is 0 Å². The highest BCUT2D eigenvalue weighted by Crippen LogP contribution is 2.37. The molecule has 2 nitrogen and oxygen atoms in total. The highest BCUT2D eigenvalue weighted by molar-refractivity contribution is 9.09. The summed E-state index contributed by atoms with van der Waals surface area (Å²) in [4.78, 5) is 11.8. The second kappa shape index (κ2) is 10.9. The Morgan fingerprint density at radius 1 is 1.08 bits per heavy atom. The van der Waals surface area contributed by atoms with E-state index in [2.05, 4.69) is 35.0 Å². The molecule has 0 aromatic heterocycles. The summed E-state index contributed by atoms with van der Waals surface area (Å²) in [5, 5.41) is 1.00. The van der Waals surface area contributed by atoms with Crippen molar-refractivity contribution in [1.82, 2.24) is 0 Å². The van der Waals surface area contributed by atoms with E-state index in [-0.39, 0.29) is 5.97 Å². The van der Waals surface area contributed by atoms with Gasteiger partial charge in [-0.25, -0.2) is 0 Å². The van der Waals surface area contributed by atoms with Crippen LogP contribution in [0.25, 0.3) is 0 Å². The van der Waals surface area contributed by atoms with Crippen molar-refractivity contribution in [3.05, 3.63) is 29.8 Å². The quantitative estimate of drug-likeness (QED) is 0.203. The van der Waals surface area contributed by atoms with Gasteiger partial charge in [-0.15, -0.1) is 0 Å². The molecule has 134 valence electrons. The first-order chi connectivity index (χ1) is 11.7. The van der Waals surface area contributed by atoms with Crippen LogP contribution in [-0.4, -0.2) is 11.3 Å². The maximum Gasteiger partial charge on any atom is 0.311 e. The van der Waals surface area contributed by atoms with Gasteiger partial charge in [0, 0.05) is 11.8 Å². The normalized spacial score (nSPS) is 20.8. The Kier molecular flexibility index (Phi) is 8.87. The molecule has 1 aromatic rings. The molecule has 0 atom stereocenters. The SMILES string of the molecule is CCCC1CCC(c2ccc(OC(=O)CCCCCBr)cc2)CC1. The van der Waals surface area contributed by atoms with E-state index < -0.39 is 0 Å². The lowest BCUT2D eigenvalue weighted by atomic mass is 9.77. The first kappa shape index (κ1) is 19.5. The summed E-state index contributed by atoms with van der Waals surface area (Å²) in [6.07, 6.45) is 11.6. The molecule has 3 heteroatoms. The Bertz CT molecular complexity index is 475. The minimum atomic E-state index is -0.114. The number of esters is 1. The van der Waals surface area contributed by atoms with E-state index in [1.165, 1.54) is 44.1 Å². The average Bonchev–Trinajstić information content (AvgIpc) is 2.60. The molecule has 24 heavy (non-hydrogen) atoms. The third-order valence-corrected chi connectivity index (χ3v) is 5.70. The number of halogens is 1. The molecule has 1 fully saturated rings. The van der Waals surface area contributed by atoms with Gasteiger partial charge in [0.2, 0.25) is 0 Å². The summed E-state index contributed by atoms with van der Waals surface area (Å²) < 4.78 is 5.44. The number of hydrogen-bond donors (Lipinski definition) is 0. The molecular weight excluding hydrogens is 364 g/mol. The maximum atomic E-state index is 11.8. The minimum Gasteiger partial charge on any atom is -0.427 e. The molecule has 2 rings (SSSR count). The average molecular weight is 395 g/mol. The zero-order valence-electron chi connectivity index (χ0n) is 14.9. The summed E-state index contributed by atoms with van der Waals surface area (Å²) in [6.45, 7) is 2.29. The first-order valence-corrected chi connectivity index (χ1v) is 10.7. The van der Waals surface area contributed by atoms with Gasteiger partial charge < -0.3 is 4.74 Å². The van der Waals surface area contributed by atoms with Gasteiger partial charge in [-0.2, -0.15) is 0 Å². The van der Waals surface area contributed by atoms with E-state index in [4.69, 9.17) is 4.74 Å². The molecule has 0 amide bonds. The monoisotopic (exact) mass is 394 g/mol. The van der Waals surface area contributed by atoms with Gasteiger partial charge in [-0.1, -0.05) is 54.2 Å². The predicted molar refractivity (Wildman–Crippen MR) is 104 cm³/mol. The molecule has 0 spiro atoms. The Hall–Kier alpha value is -0.830. The van der Waals surface area contributed by atoms with Crippen LogP contribution in [0.5, 0.6) is 5.75 Å². The van der Waals surface area contributed by atoms with Gasteiger partial charge >= 0.3 is 5.97 Å². The number of ether oxygens (including phenoxy) is 1. The number of unbranched alkanes of at least 4 members (excludes halogenated alkanes) is 2. The molecular formula is C21H31BrO2. The van der Waals surface area contributed by atoms with Gasteiger partial charge in [0.25, 0.3) is 0 Å². The van der Waals surface area contributed by atoms with Crippen molar-refractivity contribution in [3.8, 4) is 5.75 Å². The van der Waals surface area contributed by atoms with Gasteiger partial charge in [0.1, 0.15) is 5.75 Å². The standard InChI is InChI=1S/C21H31BrO2/c1-2-6-17-8-10-18(11-9-17)19-12-14-20(15-13-19)24-21(23)7-4-3-5-16-22/h12-15,17-18H,2-11,16H2,1H3.